The van der Waals surface area contributed by atoms with Crippen LogP contribution in [0.1, 0.15) is 38.4 Å². The van der Waals surface area contributed by atoms with E-state index in [2.05, 4.69) is 41.0 Å². The second-order valence-electron chi connectivity index (χ2n) is 4.13. The fraction of sp³-hybridized carbons (Fsp3) is 0.545. The third kappa shape index (κ3) is 2.13. The standard InChI is InChI=1S/C11H14BrClN2/c1-7(2)15-11(10(12)6-14-15)8-3-4-9(13)5-8/h5-7,9H,3-4H2,1-2H3. The predicted molar refractivity (Wildman–Crippen MR) is 67.2 cm³/mol. The number of nitrogens with zero attached hydrogens (tertiary/aromatic N) is 2. The molecule has 4 heteroatoms. The lowest BCUT2D eigenvalue weighted by molar-refractivity contribution is 0.526. The van der Waals surface area contributed by atoms with Gasteiger partial charge in [0.15, 0.2) is 0 Å². The molecule has 0 bridgehead atoms. The Bertz CT molecular complexity index is 395. The molecule has 2 rings (SSSR count). The lowest BCUT2D eigenvalue weighted by atomic mass is 10.1. The zero-order chi connectivity index (χ0) is 11.0. The van der Waals surface area contributed by atoms with Gasteiger partial charge in [-0.3, -0.25) is 4.68 Å². The molecule has 1 aliphatic rings. The maximum atomic E-state index is 6.09. The van der Waals surface area contributed by atoms with Crippen molar-refractivity contribution in [3.05, 3.63) is 22.4 Å². The topological polar surface area (TPSA) is 17.8 Å². The van der Waals surface area contributed by atoms with Gasteiger partial charge in [0.05, 0.1) is 21.7 Å². The van der Waals surface area contributed by atoms with E-state index in [0.717, 1.165) is 17.3 Å². The van der Waals surface area contributed by atoms with Crippen molar-refractivity contribution in [3.8, 4) is 0 Å². The molecule has 0 aromatic carbocycles. The highest BCUT2D eigenvalue weighted by molar-refractivity contribution is 9.10. The highest BCUT2D eigenvalue weighted by Gasteiger charge is 2.21. The van der Waals surface area contributed by atoms with Gasteiger partial charge in [0.25, 0.3) is 0 Å². The molecule has 2 nitrogen and oxygen atoms in total. The van der Waals surface area contributed by atoms with Gasteiger partial charge in [0, 0.05) is 6.04 Å². The van der Waals surface area contributed by atoms with Gasteiger partial charge in [-0.2, -0.15) is 5.10 Å². The Kier molecular flexibility index (Phi) is 3.21. The quantitative estimate of drug-likeness (QED) is 0.752. The van der Waals surface area contributed by atoms with E-state index in [-0.39, 0.29) is 5.38 Å². The lowest BCUT2D eigenvalue weighted by Gasteiger charge is -2.12. The zero-order valence-corrected chi connectivity index (χ0v) is 11.2. The van der Waals surface area contributed by atoms with E-state index in [9.17, 15) is 0 Å². The summed E-state index contributed by atoms with van der Waals surface area (Å²) in [6, 6.07) is 0.376. The highest BCUT2D eigenvalue weighted by atomic mass is 79.9. The third-order valence-corrected chi connectivity index (χ3v) is 3.54. The fourth-order valence-electron chi connectivity index (χ4n) is 1.91. The van der Waals surface area contributed by atoms with Crippen molar-refractivity contribution in [2.75, 3.05) is 0 Å². The number of alkyl halides is 1. The molecule has 1 unspecified atom stereocenters. The van der Waals surface area contributed by atoms with Crippen LogP contribution in [0.3, 0.4) is 0 Å². The molecule has 15 heavy (non-hydrogen) atoms. The van der Waals surface area contributed by atoms with E-state index in [1.165, 1.54) is 11.3 Å². The Morgan fingerprint density at radius 3 is 2.87 bits per heavy atom. The van der Waals surface area contributed by atoms with Crippen molar-refractivity contribution in [1.82, 2.24) is 9.78 Å². The van der Waals surface area contributed by atoms with Crippen LogP contribution in [0.15, 0.2) is 16.7 Å². The van der Waals surface area contributed by atoms with E-state index in [1.54, 1.807) is 0 Å². The summed E-state index contributed by atoms with van der Waals surface area (Å²) in [5.74, 6) is 0. The molecule has 1 heterocycles. The summed E-state index contributed by atoms with van der Waals surface area (Å²) >= 11 is 9.63. The minimum absolute atomic E-state index is 0.183. The van der Waals surface area contributed by atoms with Gasteiger partial charge >= 0.3 is 0 Å². The van der Waals surface area contributed by atoms with Crippen molar-refractivity contribution < 1.29 is 0 Å². The largest absolute Gasteiger partial charge is 0.262 e. The van der Waals surface area contributed by atoms with Crippen LogP contribution < -0.4 is 0 Å². The second kappa shape index (κ2) is 4.30. The van der Waals surface area contributed by atoms with Crippen molar-refractivity contribution in [2.24, 2.45) is 0 Å². The zero-order valence-electron chi connectivity index (χ0n) is 8.87. The number of halogens is 2. The summed E-state index contributed by atoms with van der Waals surface area (Å²) in [5.41, 5.74) is 2.50. The first-order chi connectivity index (χ1) is 7.09. The van der Waals surface area contributed by atoms with Crippen molar-refractivity contribution >= 4 is 33.1 Å². The smallest absolute Gasteiger partial charge is 0.0784 e. The third-order valence-electron chi connectivity index (χ3n) is 2.62. The maximum absolute atomic E-state index is 6.09. The summed E-state index contributed by atoms with van der Waals surface area (Å²) < 4.78 is 3.11. The van der Waals surface area contributed by atoms with E-state index in [1.807, 2.05) is 10.9 Å². The maximum Gasteiger partial charge on any atom is 0.0784 e. The Hall–Kier alpha value is -0.280. The molecule has 82 valence electrons. The predicted octanol–water partition coefficient (Wildman–Crippen LogP) is 4.01. The van der Waals surface area contributed by atoms with Crippen LogP contribution in [0.2, 0.25) is 0 Å². The van der Waals surface area contributed by atoms with Crippen LogP contribution in [-0.4, -0.2) is 15.2 Å². The van der Waals surface area contributed by atoms with Crippen molar-refractivity contribution in [3.63, 3.8) is 0 Å². The van der Waals surface area contributed by atoms with Gasteiger partial charge in [-0.15, -0.1) is 11.6 Å². The van der Waals surface area contributed by atoms with Crippen molar-refractivity contribution in [2.45, 2.75) is 38.1 Å². The molecule has 0 saturated carbocycles. The van der Waals surface area contributed by atoms with E-state index in [4.69, 9.17) is 11.6 Å². The summed E-state index contributed by atoms with van der Waals surface area (Å²) in [7, 11) is 0. The average molecular weight is 290 g/mol. The SMILES string of the molecule is CC(C)n1ncc(Br)c1C1=CC(Cl)CC1. The first-order valence-corrected chi connectivity index (χ1v) is 6.40. The van der Waals surface area contributed by atoms with Gasteiger partial charge in [0.2, 0.25) is 0 Å². The molecule has 0 saturated heterocycles. The number of hydrogen-bond acceptors (Lipinski definition) is 1. The fourth-order valence-corrected chi connectivity index (χ4v) is 2.70. The molecule has 0 amide bonds. The monoisotopic (exact) mass is 288 g/mol. The molecular formula is C11H14BrClN2. The summed E-state index contributed by atoms with van der Waals surface area (Å²) in [5, 5.41) is 4.55. The normalized spacial score (nSPS) is 21.1. The van der Waals surface area contributed by atoms with Crippen LogP contribution >= 0.6 is 27.5 Å². The summed E-state index contributed by atoms with van der Waals surface area (Å²) in [6.07, 6.45) is 6.08. The molecule has 1 aromatic heterocycles. The Labute approximate surface area is 103 Å². The molecule has 1 aliphatic carbocycles. The second-order valence-corrected chi connectivity index (χ2v) is 5.54. The van der Waals surface area contributed by atoms with Gasteiger partial charge in [0.1, 0.15) is 0 Å². The molecular weight excluding hydrogens is 275 g/mol. The minimum atomic E-state index is 0.183. The van der Waals surface area contributed by atoms with E-state index >= 15 is 0 Å². The minimum Gasteiger partial charge on any atom is -0.262 e. The molecule has 1 atom stereocenters. The Balaban J connectivity index is 2.42. The van der Waals surface area contributed by atoms with Crippen molar-refractivity contribution in [1.29, 1.82) is 0 Å². The molecule has 0 aliphatic heterocycles. The average Bonchev–Trinajstić information content (AvgIpc) is 2.71. The van der Waals surface area contributed by atoms with Crippen LogP contribution in [0.4, 0.5) is 0 Å². The van der Waals surface area contributed by atoms with Crippen LogP contribution in [0, 0.1) is 0 Å². The van der Waals surface area contributed by atoms with Crippen LogP contribution in [0.5, 0.6) is 0 Å². The summed E-state index contributed by atoms with van der Waals surface area (Å²) in [4.78, 5) is 0. The van der Waals surface area contributed by atoms with E-state index < -0.39 is 0 Å². The van der Waals surface area contributed by atoms with Gasteiger partial charge in [-0.05, 0) is 48.2 Å². The van der Waals surface area contributed by atoms with Crippen LogP contribution in [-0.2, 0) is 0 Å². The van der Waals surface area contributed by atoms with Gasteiger partial charge < -0.3 is 0 Å². The Morgan fingerprint density at radius 1 is 1.60 bits per heavy atom. The van der Waals surface area contributed by atoms with Gasteiger partial charge in [-0.25, -0.2) is 0 Å². The molecule has 0 fully saturated rings. The summed E-state index contributed by atoms with van der Waals surface area (Å²) in [6.45, 7) is 4.27. The van der Waals surface area contributed by atoms with Gasteiger partial charge in [-0.1, -0.05) is 6.08 Å². The number of rotatable bonds is 2. The van der Waals surface area contributed by atoms with Crippen LogP contribution in [0.25, 0.3) is 5.57 Å². The first kappa shape index (κ1) is 11.2. The Morgan fingerprint density at radius 2 is 2.33 bits per heavy atom. The number of allylic oxidation sites excluding steroid dienone is 2. The number of aromatic nitrogens is 2. The lowest BCUT2D eigenvalue weighted by Crippen LogP contribution is -2.06. The molecule has 0 radical (unpaired) electrons. The highest BCUT2D eigenvalue weighted by Crippen LogP contribution is 2.35. The van der Waals surface area contributed by atoms with E-state index in [0.29, 0.717) is 6.04 Å². The first-order valence-electron chi connectivity index (χ1n) is 5.17. The number of hydrogen-bond donors (Lipinski definition) is 0. The molecule has 0 spiro atoms. The molecule has 1 aromatic rings. The molecule has 0 N–H and O–H groups in total.